The number of phenolic OH excluding ortho intramolecular Hbond substituents is 1. The lowest BCUT2D eigenvalue weighted by Crippen LogP contribution is -2.51. The highest BCUT2D eigenvalue weighted by atomic mass is 35.5. The number of nitrogens with two attached hydrogens (primary N) is 1. The van der Waals surface area contributed by atoms with Crippen LogP contribution in [0.4, 0.5) is 14.4 Å². The monoisotopic (exact) mass is 1590 g/mol. The van der Waals surface area contributed by atoms with Gasteiger partial charge in [-0.1, -0.05) is 85.1 Å². The topological polar surface area (TPSA) is 407 Å². The standard InChI is InChI=1S/C26H28Cl2N6O5.C18H16Cl2N6O3.C15H9Cl2N5O2.C9H15NO5/c1-14-10-33-11-19(30-21(33)9-29-14)23-31-22(32-39-23)16-7-18(28)20(8-17(16)27)36-12-15-13-37-26(5,6)34(15)24(35)38-25(2,3)4;1-9-5-26-6-14(23-16(26)4-22-9)18-24-17(25-29-18)11-2-13(20)15(3-12(11)19)28-8-10(21)7-27;1-7-5-22-6-11(19-13(22)4-18-7)15-20-14(21-24-15)8-2-10(17)12(23)3-9(8)16;1-9(2,3)15-8(13)10-6(4-11)5-14-7(10)12/h7-11,15H,12-13H2,1-6H3;2-6,10,27H,7-8,21H2,1H3;2-6,23H,1H3;6,11H,4-5H2,1-3H3/t15-;10-;;6-/m10.1/s1. The SMILES string of the molecule is CC(C)(C)OC(=O)N1C(=O)OC[C@H]1CO.Cc1cn2cc(-c3nc(-c4cc(Cl)c(O)cc4Cl)no3)nc2cn1.Cc1cn2cc(-c3nc(-c4cc(Cl)c(OC[C@@H](N)CO)cc4Cl)no3)nc2cn1.Cc1cn2cc(-c3nc(-c4cc(Cl)c(OC[C@@H]5COC(C)(C)N5C(=O)OC(C)(C)C)cc4Cl)no3)nc2cn1. The Labute approximate surface area is 638 Å². The van der Waals surface area contributed by atoms with E-state index in [0.717, 1.165) is 22.0 Å². The Morgan fingerprint density at radius 2 is 0.981 bits per heavy atom. The number of benzene rings is 3. The Morgan fingerprint density at radius 1 is 0.570 bits per heavy atom. The second-order valence-electron chi connectivity index (χ2n) is 26.4. The number of rotatable bonds is 14. The maximum Gasteiger partial charge on any atom is 0.420 e. The van der Waals surface area contributed by atoms with Crippen LogP contribution in [-0.4, -0.2) is 192 Å². The van der Waals surface area contributed by atoms with Crippen molar-refractivity contribution in [2.45, 2.75) is 111 Å². The first-order valence-electron chi connectivity index (χ1n) is 32.3. The lowest BCUT2D eigenvalue weighted by atomic mass is 10.2. The average Bonchev–Trinajstić information content (AvgIpc) is 1.69. The lowest BCUT2D eigenvalue weighted by Gasteiger charge is -2.35. The van der Waals surface area contributed by atoms with Gasteiger partial charge in [0.05, 0.1) is 97.7 Å². The summed E-state index contributed by atoms with van der Waals surface area (Å²) in [5.41, 5.74) is 10.9. The number of aromatic nitrogens is 15. The Bertz CT molecular complexity index is 5260. The van der Waals surface area contributed by atoms with E-state index in [1.165, 1.54) is 12.1 Å². The molecule has 3 aromatic carbocycles. The van der Waals surface area contributed by atoms with Crippen molar-refractivity contribution in [2.24, 2.45) is 5.73 Å². The Morgan fingerprint density at radius 3 is 1.40 bits per heavy atom. The zero-order valence-corrected chi connectivity index (χ0v) is 63.4. The number of phenols is 1. The van der Waals surface area contributed by atoms with Crippen LogP contribution in [-0.2, 0) is 18.9 Å². The molecule has 2 aliphatic rings. The van der Waals surface area contributed by atoms with E-state index in [4.69, 9.17) is 123 Å². The summed E-state index contributed by atoms with van der Waals surface area (Å²) in [6, 6.07) is 7.54. The molecule has 33 nitrogen and oxygen atoms in total. The van der Waals surface area contributed by atoms with E-state index in [1.54, 1.807) is 101 Å². The summed E-state index contributed by atoms with van der Waals surface area (Å²) in [6.45, 7) is 19.8. The first-order chi connectivity index (χ1) is 50.6. The first-order valence-corrected chi connectivity index (χ1v) is 34.6. The van der Waals surface area contributed by atoms with Crippen LogP contribution in [0, 0.1) is 20.8 Å². The van der Waals surface area contributed by atoms with Crippen LogP contribution in [0.3, 0.4) is 0 Å². The van der Waals surface area contributed by atoms with E-state index in [9.17, 15) is 19.5 Å². The number of aliphatic hydroxyl groups excluding tert-OH is 2. The van der Waals surface area contributed by atoms with Gasteiger partial charge in [0.25, 0.3) is 17.7 Å². The number of imide groups is 1. The number of hydrogen-bond acceptors (Lipinski definition) is 28. The van der Waals surface area contributed by atoms with Crippen LogP contribution in [0.15, 0.2) is 106 Å². The molecule has 2 fully saturated rings. The van der Waals surface area contributed by atoms with Crippen molar-refractivity contribution >= 4 is 105 Å². The van der Waals surface area contributed by atoms with E-state index >= 15 is 0 Å². The highest BCUT2D eigenvalue weighted by Crippen LogP contribution is 2.41. The van der Waals surface area contributed by atoms with Crippen molar-refractivity contribution in [3.8, 4) is 86.2 Å². The molecule has 0 unspecified atom stereocenters. The molecule has 2 saturated heterocycles. The summed E-state index contributed by atoms with van der Waals surface area (Å²) in [7, 11) is 0. The summed E-state index contributed by atoms with van der Waals surface area (Å²) in [6.07, 6.45) is 13.8. The molecule has 562 valence electrons. The lowest BCUT2D eigenvalue weighted by molar-refractivity contribution is -0.0637. The second kappa shape index (κ2) is 32.2. The highest BCUT2D eigenvalue weighted by molar-refractivity contribution is 6.37. The summed E-state index contributed by atoms with van der Waals surface area (Å²) in [4.78, 5) is 77.0. The van der Waals surface area contributed by atoms with Gasteiger partial charge in [0.15, 0.2) is 16.9 Å². The van der Waals surface area contributed by atoms with Crippen LogP contribution in [0.25, 0.3) is 85.9 Å². The average molecular weight is 1590 g/mol. The largest absolute Gasteiger partial charge is 0.506 e. The van der Waals surface area contributed by atoms with Crippen molar-refractivity contribution in [3.63, 3.8) is 0 Å². The van der Waals surface area contributed by atoms with E-state index in [-0.39, 0.29) is 95.6 Å². The minimum absolute atomic E-state index is 0.00851. The maximum atomic E-state index is 12.9. The van der Waals surface area contributed by atoms with Crippen molar-refractivity contribution in [1.29, 1.82) is 0 Å². The molecule has 0 bridgehead atoms. The molecular weight excluding hydrogens is 1520 g/mol. The van der Waals surface area contributed by atoms with Gasteiger partial charge < -0.3 is 76.2 Å². The predicted molar refractivity (Wildman–Crippen MR) is 389 cm³/mol. The quantitative estimate of drug-likeness (QED) is 0.0735. The number of hydrogen-bond donors (Lipinski definition) is 4. The number of imidazole rings is 3. The van der Waals surface area contributed by atoms with Crippen LogP contribution >= 0.6 is 69.6 Å². The highest BCUT2D eigenvalue weighted by Gasteiger charge is 2.46. The molecule has 5 N–H and O–H groups in total. The molecule has 3 amide bonds. The maximum absolute atomic E-state index is 12.9. The number of halogens is 6. The summed E-state index contributed by atoms with van der Waals surface area (Å²) < 4.78 is 54.1. The summed E-state index contributed by atoms with van der Waals surface area (Å²) in [5.74, 6) is 2.04. The Kier molecular flexibility index (Phi) is 23.5. The van der Waals surface area contributed by atoms with Crippen molar-refractivity contribution in [1.82, 2.24) is 83.3 Å². The van der Waals surface area contributed by atoms with Crippen LogP contribution in [0.5, 0.6) is 17.2 Å². The van der Waals surface area contributed by atoms with E-state index in [0.29, 0.717) is 77.3 Å². The Hall–Kier alpha value is -10.1. The second-order valence-corrected chi connectivity index (χ2v) is 28.9. The van der Waals surface area contributed by atoms with Gasteiger partial charge in [-0.05, 0) is 94.4 Å². The molecular formula is C68H68Cl6N18O15. The van der Waals surface area contributed by atoms with Gasteiger partial charge in [0, 0.05) is 72.1 Å². The van der Waals surface area contributed by atoms with Crippen LogP contribution in [0.1, 0.15) is 72.5 Å². The van der Waals surface area contributed by atoms with Gasteiger partial charge in [-0.2, -0.15) is 15.0 Å². The molecule has 12 aromatic rings. The summed E-state index contributed by atoms with van der Waals surface area (Å²) >= 11 is 37.8. The van der Waals surface area contributed by atoms with Crippen molar-refractivity contribution < 1.29 is 71.7 Å². The van der Waals surface area contributed by atoms with Crippen LogP contribution in [0.2, 0.25) is 30.1 Å². The molecule has 2 aliphatic heterocycles. The fourth-order valence-corrected chi connectivity index (χ4v) is 11.5. The first kappa shape index (κ1) is 78.0. The number of cyclic esters (lactones) is 1. The number of fused-ring (bicyclic) bond motifs is 3. The predicted octanol–water partition coefficient (Wildman–Crippen LogP) is 13.1. The number of ether oxygens (including phenoxy) is 6. The minimum Gasteiger partial charge on any atom is -0.506 e. The molecule has 0 radical (unpaired) electrons. The fraction of sp³-hybridized carbons (Fsp3) is 0.338. The number of carbonyl (C=O) groups is 3. The number of carbonyl (C=O) groups excluding carboxylic acids is 3. The molecule has 0 spiro atoms. The smallest absolute Gasteiger partial charge is 0.420 e. The van der Waals surface area contributed by atoms with Crippen molar-refractivity contribution in [3.05, 3.63) is 139 Å². The van der Waals surface area contributed by atoms with Gasteiger partial charge in [0.2, 0.25) is 17.5 Å². The van der Waals surface area contributed by atoms with Gasteiger partial charge in [-0.25, -0.2) is 34.2 Å². The number of nitrogens with zero attached hydrogens (tertiary/aromatic N) is 17. The number of amides is 3. The Balaban J connectivity index is 0.000000149. The molecule has 107 heavy (non-hydrogen) atoms. The minimum atomic E-state index is -0.853. The van der Waals surface area contributed by atoms with Gasteiger partial charge in [0.1, 0.15) is 77.1 Å². The van der Waals surface area contributed by atoms with E-state index < -0.39 is 53.3 Å². The number of aliphatic hydroxyl groups is 2. The molecule has 39 heteroatoms. The van der Waals surface area contributed by atoms with Crippen molar-refractivity contribution in [2.75, 3.05) is 39.6 Å². The molecule has 14 rings (SSSR count). The van der Waals surface area contributed by atoms with Gasteiger partial charge in [-0.15, -0.1) is 0 Å². The molecule has 3 atom stereocenters. The van der Waals surface area contributed by atoms with Gasteiger partial charge in [-0.3, -0.25) is 19.9 Å². The normalized spacial score (nSPS) is 15.2. The zero-order valence-electron chi connectivity index (χ0n) is 58.8. The molecule has 0 saturated carbocycles. The van der Waals surface area contributed by atoms with E-state index in [1.807, 2.05) is 73.3 Å². The summed E-state index contributed by atoms with van der Waals surface area (Å²) in [5, 5.41) is 41.0. The molecule has 0 aliphatic carbocycles. The fourth-order valence-electron chi connectivity index (χ4n) is 10.2. The van der Waals surface area contributed by atoms with E-state index in [2.05, 4.69) is 65.1 Å². The third-order valence-corrected chi connectivity index (χ3v) is 17.0. The number of aromatic hydroxyl groups is 1. The third-order valence-electron chi connectivity index (χ3n) is 15.2. The zero-order chi connectivity index (χ0) is 77.1. The third kappa shape index (κ3) is 18.7. The molecule has 9 aromatic heterocycles. The molecule has 11 heterocycles. The van der Waals surface area contributed by atoms with Gasteiger partial charge >= 0.3 is 18.3 Å². The van der Waals surface area contributed by atoms with Crippen LogP contribution < -0.4 is 15.2 Å². The number of aryl methyl sites for hydroxylation is 3.